The third kappa shape index (κ3) is 4.44. The van der Waals surface area contributed by atoms with E-state index in [4.69, 9.17) is 33.7 Å². The first-order chi connectivity index (χ1) is 15.2. The highest BCUT2D eigenvalue weighted by Gasteiger charge is 2.41. The predicted octanol–water partition coefficient (Wildman–Crippen LogP) is 7.59. The zero-order chi connectivity index (χ0) is 23.0. The van der Waals surface area contributed by atoms with E-state index in [1.807, 2.05) is 48.5 Å². The minimum Gasteiger partial charge on any atom is -0.440 e. The maximum atomic E-state index is 9.95. The first kappa shape index (κ1) is 22.5. The number of hydrogen-bond acceptors (Lipinski definition) is 3. The van der Waals surface area contributed by atoms with E-state index >= 15 is 0 Å². The van der Waals surface area contributed by atoms with E-state index in [-0.39, 0.29) is 17.2 Å². The molecule has 0 amide bonds. The van der Waals surface area contributed by atoms with Gasteiger partial charge in [0.2, 0.25) is 5.88 Å². The molecular formula is C27H26Cl2N2O. The lowest BCUT2D eigenvalue weighted by Gasteiger charge is -2.41. The van der Waals surface area contributed by atoms with Crippen molar-refractivity contribution in [2.75, 3.05) is 0 Å². The maximum Gasteiger partial charge on any atom is 0.205 e. The van der Waals surface area contributed by atoms with Gasteiger partial charge in [0.1, 0.15) is 17.4 Å². The molecule has 0 saturated heterocycles. The SMILES string of the molecule is CC(C)(C)[C@@H]1CC2=C(OC(N)=C(C#N)[C@@H]2c2ccc(Cl)cc2)/C(=C/c2ccc(Cl)cc2)C1. The van der Waals surface area contributed by atoms with Crippen LogP contribution in [0.25, 0.3) is 6.08 Å². The Morgan fingerprint density at radius 3 is 2.16 bits per heavy atom. The maximum absolute atomic E-state index is 9.95. The summed E-state index contributed by atoms with van der Waals surface area (Å²) in [5, 5.41) is 11.3. The van der Waals surface area contributed by atoms with Crippen molar-refractivity contribution in [3.05, 3.63) is 98.1 Å². The first-order valence-corrected chi connectivity index (χ1v) is 11.5. The largest absolute Gasteiger partial charge is 0.440 e. The molecule has 0 fully saturated rings. The molecule has 0 unspecified atom stereocenters. The number of nitrogens with zero attached hydrogens (tertiary/aromatic N) is 1. The van der Waals surface area contributed by atoms with Crippen molar-refractivity contribution in [1.29, 1.82) is 5.26 Å². The molecule has 0 bridgehead atoms. The molecule has 3 nitrogen and oxygen atoms in total. The van der Waals surface area contributed by atoms with Crippen molar-refractivity contribution in [1.82, 2.24) is 0 Å². The number of allylic oxidation sites excluding steroid dienone is 3. The molecule has 0 radical (unpaired) electrons. The summed E-state index contributed by atoms with van der Waals surface area (Å²) in [6.07, 6.45) is 3.85. The van der Waals surface area contributed by atoms with Crippen LogP contribution in [0.5, 0.6) is 0 Å². The molecule has 2 atom stereocenters. The number of hydrogen-bond donors (Lipinski definition) is 1. The van der Waals surface area contributed by atoms with Gasteiger partial charge in [-0.1, -0.05) is 68.2 Å². The lowest BCUT2D eigenvalue weighted by atomic mass is 9.66. The standard InChI is InChI=1S/C27H26Cl2N2O/c1-27(2,3)19-13-18(12-16-4-8-20(28)9-5-16)25-22(14-19)24(23(15-30)26(31)32-25)17-6-10-21(29)11-7-17/h4-12,19,24H,13-14,31H2,1-3H3/b18-12+/t19-,24+/m0/s1. The minimum atomic E-state index is -0.250. The third-order valence-electron chi connectivity index (χ3n) is 6.39. The fourth-order valence-electron chi connectivity index (χ4n) is 4.50. The van der Waals surface area contributed by atoms with Gasteiger partial charge in [-0.3, -0.25) is 0 Å². The molecule has 5 heteroatoms. The highest BCUT2D eigenvalue weighted by atomic mass is 35.5. The summed E-state index contributed by atoms with van der Waals surface area (Å²) >= 11 is 12.2. The van der Waals surface area contributed by atoms with Gasteiger partial charge in [-0.25, -0.2) is 0 Å². The van der Waals surface area contributed by atoms with Gasteiger partial charge in [-0.2, -0.15) is 5.26 Å². The van der Waals surface area contributed by atoms with Crippen LogP contribution in [-0.2, 0) is 4.74 Å². The van der Waals surface area contributed by atoms with Crippen LogP contribution >= 0.6 is 23.2 Å². The zero-order valence-electron chi connectivity index (χ0n) is 18.5. The van der Waals surface area contributed by atoms with Gasteiger partial charge in [0, 0.05) is 16.0 Å². The average Bonchev–Trinajstić information content (AvgIpc) is 2.74. The van der Waals surface area contributed by atoms with Crippen molar-refractivity contribution in [2.45, 2.75) is 39.5 Å². The predicted molar refractivity (Wildman–Crippen MR) is 131 cm³/mol. The molecule has 2 aromatic rings. The van der Waals surface area contributed by atoms with E-state index in [9.17, 15) is 5.26 Å². The Bertz CT molecular complexity index is 1160. The lowest BCUT2D eigenvalue weighted by molar-refractivity contribution is 0.200. The van der Waals surface area contributed by atoms with Gasteiger partial charge in [-0.05, 0) is 76.8 Å². The van der Waals surface area contributed by atoms with Gasteiger partial charge in [0.05, 0.1) is 0 Å². The minimum absolute atomic E-state index is 0.0850. The quantitative estimate of drug-likeness (QED) is 0.497. The monoisotopic (exact) mass is 464 g/mol. The second kappa shape index (κ2) is 8.70. The van der Waals surface area contributed by atoms with Crippen LogP contribution in [0.3, 0.4) is 0 Å². The summed E-state index contributed by atoms with van der Waals surface area (Å²) in [7, 11) is 0. The summed E-state index contributed by atoms with van der Waals surface area (Å²) in [5.74, 6) is 1.09. The van der Waals surface area contributed by atoms with Crippen LogP contribution < -0.4 is 5.73 Å². The van der Waals surface area contributed by atoms with Crippen molar-refractivity contribution in [3.63, 3.8) is 0 Å². The number of benzene rings is 2. The Morgan fingerprint density at radius 1 is 1.00 bits per heavy atom. The number of ether oxygens (including phenoxy) is 1. The average molecular weight is 465 g/mol. The van der Waals surface area contributed by atoms with Crippen molar-refractivity contribution >= 4 is 29.3 Å². The van der Waals surface area contributed by atoms with Gasteiger partial charge in [0.15, 0.2) is 0 Å². The molecule has 4 rings (SSSR count). The van der Waals surface area contributed by atoms with Crippen molar-refractivity contribution in [3.8, 4) is 6.07 Å². The second-order valence-electron chi connectivity index (χ2n) is 9.52. The number of halogens is 2. The van der Waals surface area contributed by atoms with Crippen LogP contribution in [-0.4, -0.2) is 0 Å². The molecule has 32 heavy (non-hydrogen) atoms. The molecule has 2 aromatic carbocycles. The van der Waals surface area contributed by atoms with E-state index in [2.05, 4.69) is 32.9 Å². The van der Waals surface area contributed by atoms with Crippen molar-refractivity contribution in [2.24, 2.45) is 17.1 Å². The van der Waals surface area contributed by atoms with Crippen LogP contribution in [0, 0.1) is 22.7 Å². The highest BCUT2D eigenvalue weighted by molar-refractivity contribution is 6.30. The normalized spacial score (nSPS) is 22.4. The van der Waals surface area contributed by atoms with Crippen molar-refractivity contribution < 1.29 is 4.74 Å². The Labute approximate surface area is 199 Å². The van der Waals surface area contributed by atoms with E-state index < -0.39 is 0 Å². The number of nitriles is 1. The smallest absolute Gasteiger partial charge is 0.205 e. The van der Waals surface area contributed by atoms with Gasteiger partial charge in [-0.15, -0.1) is 0 Å². The highest BCUT2D eigenvalue weighted by Crippen LogP contribution is 2.51. The Balaban J connectivity index is 1.89. The summed E-state index contributed by atoms with van der Waals surface area (Å²) in [4.78, 5) is 0. The molecule has 164 valence electrons. The van der Waals surface area contributed by atoms with Crippen LogP contribution in [0.2, 0.25) is 10.0 Å². The van der Waals surface area contributed by atoms with Gasteiger partial charge in [0.25, 0.3) is 0 Å². The van der Waals surface area contributed by atoms with Crippen LogP contribution in [0.15, 0.2) is 76.9 Å². The summed E-state index contributed by atoms with van der Waals surface area (Å²) in [6.45, 7) is 6.79. The zero-order valence-corrected chi connectivity index (χ0v) is 20.0. The molecule has 2 aliphatic rings. The molecule has 1 aliphatic carbocycles. The summed E-state index contributed by atoms with van der Waals surface area (Å²) < 4.78 is 6.13. The Kier molecular flexibility index (Phi) is 6.12. The van der Waals surface area contributed by atoms with Crippen LogP contribution in [0.4, 0.5) is 0 Å². The molecule has 2 N–H and O–H groups in total. The lowest BCUT2D eigenvalue weighted by Crippen LogP contribution is -2.31. The van der Waals surface area contributed by atoms with E-state index in [0.717, 1.165) is 40.9 Å². The molecule has 1 aliphatic heterocycles. The third-order valence-corrected chi connectivity index (χ3v) is 6.89. The van der Waals surface area contributed by atoms with Gasteiger partial charge < -0.3 is 10.5 Å². The molecule has 1 heterocycles. The van der Waals surface area contributed by atoms with E-state index in [1.54, 1.807) is 0 Å². The topological polar surface area (TPSA) is 59.0 Å². The first-order valence-electron chi connectivity index (χ1n) is 10.7. The van der Waals surface area contributed by atoms with E-state index in [0.29, 0.717) is 21.5 Å². The van der Waals surface area contributed by atoms with Crippen LogP contribution in [0.1, 0.15) is 50.7 Å². The number of nitrogens with two attached hydrogens (primary N) is 1. The number of rotatable bonds is 2. The Morgan fingerprint density at radius 2 is 1.59 bits per heavy atom. The molecule has 0 saturated carbocycles. The molecule has 0 aromatic heterocycles. The van der Waals surface area contributed by atoms with Gasteiger partial charge >= 0.3 is 0 Å². The summed E-state index contributed by atoms with van der Waals surface area (Å²) in [6, 6.07) is 17.7. The molecule has 0 spiro atoms. The second-order valence-corrected chi connectivity index (χ2v) is 10.4. The fourth-order valence-corrected chi connectivity index (χ4v) is 4.75. The summed E-state index contributed by atoms with van der Waals surface area (Å²) in [5.41, 5.74) is 11.0. The van der Waals surface area contributed by atoms with E-state index in [1.165, 1.54) is 0 Å². The Hall–Kier alpha value is -2.67. The molecular weight excluding hydrogens is 439 g/mol. The fraction of sp³-hybridized carbons (Fsp3) is 0.296.